The minimum Gasteiger partial charge on any atom is -0.372 e. The number of carbonyl (C=O) groups excluding carboxylic acids is 1. The standard InChI is InChI=1S/C25H31N5O/c1-2-29(21-9-4-3-5-10-21)16-8-15-26-25(31)20-13-17-30(18-14-20)24-19-27-22-11-6-7-12-23(22)28-24/h3-7,9-12,19-20H,2,8,13-18H2,1H3,(H,26,31). The van der Waals surface area contributed by atoms with Crippen molar-refractivity contribution in [3.63, 3.8) is 0 Å². The molecule has 2 aromatic carbocycles. The maximum absolute atomic E-state index is 12.6. The third kappa shape index (κ3) is 5.32. The number of hydrogen-bond donors (Lipinski definition) is 1. The predicted molar refractivity (Wildman–Crippen MR) is 126 cm³/mol. The second-order valence-corrected chi connectivity index (χ2v) is 8.04. The summed E-state index contributed by atoms with van der Waals surface area (Å²) in [6.45, 7) is 6.47. The summed E-state index contributed by atoms with van der Waals surface area (Å²) in [6, 6.07) is 18.4. The molecule has 3 aromatic rings. The number of anilines is 2. The zero-order chi connectivity index (χ0) is 21.5. The molecule has 4 rings (SSSR count). The van der Waals surface area contributed by atoms with Gasteiger partial charge in [-0.05, 0) is 50.5 Å². The van der Waals surface area contributed by atoms with Crippen LogP contribution in [0.1, 0.15) is 26.2 Å². The van der Waals surface area contributed by atoms with Crippen molar-refractivity contribution < 1.29 is 4.79 Å². The second-order valence-electron chi connectivity index (χ2n) is 8.04. The highest BCUT2D eigenvalue weighted by Gasteiger charge is 2.25. The number of carbonyl (C=O) groups is 1. The highest BCUT2D eigenvalue weighted by molar-refractivity contribution is 5.79. The van der Waals surface area contributed by atoms with E-state index in [4.69, 9.17) is 4.98 Å². The smallest absolute Gasteiger partial charge is 0.223 e. The number of aromatic nitrogens is 2. The van der Waals surface area contributed by atoms with Crippen LogP contribution in [-0.4, -0.2) is 48.6 Å². The molecule has 0 spiro atoms. The first-order valence-electron chi connectivity index (χ1n) is 11.3. The van der Waals surface area contributed by atoms with Gasteiger partial charge < -0.3 is 15.1 Å². The Morgan fingerprint density at radius 3 is 2.52 bits per heavy atom. The van der Waals surface area contributed by atoms with Crippen molar-refractivity contribution in [1.29, 1.82) is 0 Å². The van der Waals surface area contributed by atoms with E-state index in [9.17, 15) is 4.79 Å². The van der Waals surface area contributed by atoms with Gasteiger partial charge in [0.25, 0.3) is 0 Å². The van der Waals surface area contributed by atoms with Crippen LogP contribution in [0.4, 0.5) is 11.5 Å². The zero-order valence-electron chi connectivity index (χ0n) is 18.2. The maximum atomic E-state index is 12.6. The minimum absolute atomic E-state index is 0.0843. The van der Waals surface area contributed by atoms with Crippen molar-refractivity contribution in [2.24, 2.45) is 5.92 Å². The molecule has 1 amide bonds. The topological polar surface area (TPSA) is 61.4 Å². The molecular formula is C25H31N5O. The van der Waals surface area contributed by atoms with Gasteiger partial charge >= 0.3 is 0 Å². The first-order chi connectivity index (χ1) is 15.2. The average molecular weight is 418 g/mol. The van der Waals surface area contributed by atoms with Gasteiger partial charge in [0.15, 0.2) is 0 Å². The molecule has 31 heavy (non-hydrogen) atoms. The molecule has 1 N–H and O–H groups in total. The zero-order valence-corrected chi connectivity index (χ0v) is 18.2. The van der Waals surface area contributed by atoms with Crippen LogP contribution in [0.3, 0.4) is 0 Å². The summed E-state index contributed by atoms with van der Waals surface area (Å²) in [4.78, 5) is 26.5. The molecule has 162 valence electrons. The molecule has 1 aliphatic heterocycles. The quantitative estimate of drug-likeness (QED) is 0.564. The molecule has 0 atom stereocenters. The number of fused-ring (bicyclic) bond motifs is 1. The monoisotopic (exact) mass is 417 g/mol. The van der Waals surface area contributed by atoms with Gasteiger partial charge in [0.2, 0.25) is 5.91 Å². The molecule has 0 saturated carbocycles. The number of amides is 1. The molecule has 0 unspecified atom stereocenters. The van der Waals surface area contributed by atoms with E-state index in [-0.39, 0.29) is 11.8 Å². The Labute approximate surface area is 184 Å². The summed E-state index contributed by atoms with van der Waals surface area (Å²) in [5, 5.41) is 3.15. The fourth-order valence-corrected chi connectivity index (χ4v) is 4.21. The van der Waals surface area contributed by atoms with Gasteiger partial charge in [0, 0.05) is 44.3 Å². The third-order valence-corrected chi connectivity index (χ3v) is 6.03. The van der Waals surface area contributed by atoms with Gasteiger partial charge in [-0.15, -0.1) is 0 Å². The molecule has 0 aliphatic carbocycles. The molecule has 6 heteroatoms. The Bertz CT molecular complexity index is 985. The normalized spacial score (nSPS) is 14.5. The largest absolute Gasteiger partial charge is 0.372 e. The summed E-state index contributed by atoms with van der Waals surface area (Å²) in [6.07, 6.45) is 4.49. The molecule has 0 bridgehead atoms. The summed E-state index contributed by atoms with van der Waals surface area (Å²) < 4.78 is 0. The van der Waals surface area contributed by atoms with Crippen LogP contribution in [0.2, 0.25) is 0 Å². The number of piperidine rings is 1. The van der Waals surface area contributed by atoms with E-state index < -0.39 is 0 Å². The van der Waals surface area contributed by atoms with Crippen molar-refractivity contribution in [3.8, 4) is 0 Å². The lowest BCUT2D eigenvalue weighted by molar-refractivity contribution is -0.125. The van der Waals surface area contributed by atoms with Crippen molar-refractivity contribution in [2.45, 2.75) is 26.2 Å². The van der Waals surface area contributed by atoms with E-state index in [0.717, 1.165) is 68.8 Å². The molecule has 1 aromatic heterocycles. The van der Waals surface area contributed by atoms with Crippen LogP contribution in [-0.2, 0) is 4.79 Å². The number of nitrogens with one attached hydrogen (secondary N) is 1. The van der Waals surface area contributed by atoms with E-state index in [1.54, 1.807) is 0 Å². The minimum atomic E-state index is 0.0843. The van der Waals surface area contributed by atoms with Gasteiger partial charge in [-0.2, -0.15) is 0 Å². The van der Waals surface area contributed by atoms with E-state index in [2.05, 4.69) is 51.3 Å². The van der Waals surface area contributed by atoms with E-state index in [1.807, 2.05) is 36.5 Å². The summed E-state index contributed by atoms with van der Waals surface area (Å²) in [7, 11) is 0. The van der Waals surface area contributed by atoms with Crippen LogP contribution in [0.15, 0.2) is 60.8 Å². The maximum Gasteiger partial charge on any atom is 0.223 e. The summed E-state index contributed by atoms with van der Waals surface area (Å²) in [5.41, 5.74) is 3.06. The number of benzene rings is 2. The van der Waals surface area contributed by atoms with Crippen molar-refractivity contribution in [2.75, 3.05) is 42.5 Å². The Balaban J connectivity index is 1.21. The molecule has 0 radical (unpaired) electrons. The second kappa shape index (κ2) is 10.2. The van der Waals surface area contributed by atoms with Crippen LogP contribution in [0.25, 0.3) is 11.0 Å². The Kier molecular flexibility index (Phi) is 6.97. The Morgan fingerprint density at radius 1 is 1.06 bits per heavy atom. The lowest BCUT2D eigenvalue weighted by Crippen LogP contribution is -2.41. The molecule has 1 saturated heterocycles. The molecule has 2 heterocycles. The summed E-state index contributed by atoms with van der Waals surface area (Å²) >= 11 is 0. The van der Waals surface area contributed by atoms with Crippen molar-refractivity contribution in [1.82, 2.24) is 15.3 Å². The third-order valence-electron chi connectivity index (χ3n) is 6.03. The van der Waals surface area contributed by atoms with Crippen molar-refractivity contribution in [3.05, 3.63) is 60.8 Å². The number of nitrogens with zero attached hydrogens (tertiary/aromatic N) is 4. The first-order valence-corrected chi connectivity index (χ1v) is 11.3. The van der Waals surface area contributed by atoms with Gasteiger partial charge in [-0.1, -0.05) is 30.3 Å². The van der Waals surface area contributed by atoms with E-state index in [0.29, 0.717) is 0 Å². The Hall–Kier alpha value is -3.15. The summed E-state index contributed by atoms with van der Waals surface area (Å²) in [5.74, 6) is 1.17. The molecule has 1 aliphatic rings. The number of hydrogen-bond acceptors (Lipinski definition) is 5. The van der Waals surface area contributed by atoms with Gasteiger partial charge in [-0.25, -0.2) is 4.98 Å². The van der Waals surface area contributed by atoms with E-state index >= 15 is 0 Å². The van der Waals surface area contributed by atoms with Crippen LogP contribution in [0, 0.1) is 5.92 Å². The Morgan fingerprint density at radius 2 is 1.77 bits per heavy atom. The van der Waals surface area contributed by atoms with Gasteiger partial charge in [-0.3, -0.25) is 9.78 Å². The number of para-hydroxylation sites is 3. The fourth-order valence-electron chi connectivity index (χ4n) is 4.21. The SMILES string of the molecule is CCN(CCCNC(=O)C1CCN(c2cnc3ccccc3n2)CC1)c1ccccc1. The molecule has 6 nitrogen and oxygen atoms in total. The van der Waals surface area contributed by atoms with Gasteiger partial charge in [0.1, 0.15) is 5.82 Å². The van der Waals surface area contributed by atoms with E-state index in [1.165, 1.54) is 5.69 Å². The lowest BCUT2D eigenvalue weighted by Gasteiger charge is -2.32. The first kappa shape index (κ1) is 21.1. The van der Waals surface area contributed by atoms with Crippen LogP contribution in [0.5, 0.6) is 0 Å². The predicted octanol–water partition coefficient (Wildman–Crippen LogP) is 3.88. The van der Waals surface area contributed by atoms with Crippen LogP contribution < -0.4 is 15.1 Å². The highest BCUT2D eigenvalue weighted by Crippen LogP contribution is 2.23. The van der Waals surface area contributed by atoms with Crippen molar-refractivity contribution >= 4 is 28.4 Å². The highest BCUT2D eigenvalue weighted by atomic mass is 16.1. The molecule has 1 fully saturated rings. The molecular weight excluding hydrogens is 386 g/mol. The lowest BCUT2D eigenvalue weighted by atomic mass is 9.96. The fraction of sp³-hybridized carbons (Fsp3) is 0.400. The van der Waals surface area contributed by atoms with Gasteiger partial charge in [0.05, 0.1) is 17.2 Å². The number of rotatable bonds is 8. The van der Waals surface area contributed by atoms with Crippen LogP contribution >= 0.6 is 0 Å². The average Bonchev–Trinajstić information content (AvgIpc) is 2.84.